The van der Waals surface area contributed by atoms with Crippen LogP contribution in [0.4, 0.5) is 20.6 Å². The fourth-order valence-corrected chi connectivity index (χ4v) is 2.50. The minimum absolute atomic E-state index is 0.0143. The van der Waals surface area contributed by atoms with Gasteiger partial charge in [0.15, 0.2) is 5.69 Å². The summed E-state index contributed by atoms with van der Waals surface area (Å²) in [6, 6.07) is 11.3. The minimum Gasteiger partial charge on any atom is -0.444 e. The molecular weight excluding hydrogens is 389 g/mol. The van der Waals surface area contributed by atoms with Crippen LogP contribution in [0.1, 0.15) is 36.8 Å². The number of nitrogens with one attached hydrogen (secondary N) is 2. The standard InChI is InChI=1S/C21H22FN5O3/c1-13-5-8-15(9-6-13)27-12-18(25-26-27)19(28)24-17-11-14(7-10-16(17)22)23-20(29)30-21(2,3)4/h5-12H,1-4H3,(H,23,29)(H,24,28). The SMILES string of the molecule is Cc1ccc(-n2cc(C(=O)Nc3cc(NC(=O)OC(C)(C)C)ccc3F)nn2)cc1. The Morgan fingerprint density at radius 2 is 1.77 bits per heavy atom. The lowest BCUT2D eigenvalue weighted by atomic mass is 10.2. The van der Waals surface area contributed by atoms with E-state index in [0.717, 1.165) is 17.3 Å². The van der Waals surface area contributed by atoms with Gasteiger partial charge in [0.05, 0.1) is 17.6 Å². The van der Waals surface area contributed by atoms with Gasteiger partial charge in [-0.15, -0.1) is 5.10 Å². The maximum absolute atomic E-state index is 14.2. The molecule has 0 aliphatic heterocycles. The fourth-order valence-electron chi connectivity index (χ4n) is 2.50. The number of hydrogen-bond donors (Lipinski definition) is 2. The Labute approximate surface area is 173 Å². The third kappa shape index (κ3) is 5.40. The predicted molar refractivity (Wildman–Crippen MR) is 110 cm³/mol. The summed E-state index contributed by atoms with van der Waals surface area (Å²) in [5.74, 6) is -1.30. The number of rotatable bonds is 4. The lowest BCUT2D eigenvalue weighted by molar-refractivity contribution is 0.0635. The number of halogens is 1. The van der Waals surface area contributed by atoms with E-state index >= 15 is 0 Å². The van der Waals surface area contributed by atoms with Crippen LogP contribution < -0.4 is 10.6 Å². The number of benzene rings is 2. The van der Waals surface area contributed by atoms with Crippen molar-refractivity contribution in [1.29, 1.82) is 0 Å². The molecule has 0 saturated heterocycles. The van der Waals surface area contributed by atoms with Crippen LogP contribution in [0, 0.1) is 12.7 Å². The summed E-state index contributed by atoms with van der Waals surface area (Å²) >= 11 is 0. The first-order valence-corrected chi connectivity index (χ1v) is 9.21. The molecule has 0 unspecified atom stereocenters. The van der Waals surface area contributed by atoms with Crippen molar-refractivity contribution >= 4 is 23.4 Å². The van der Waals surface area contributed by atoms with Crippen LogP contribution in [0.25, 0.3) is 5.69 Å². The highest BCUT2D eigenvalue weighted by Crippen LogP contribution is 2.21. The molecule has 9 heteroatoms. The van der Waals surface area contributed by atoms with E-state index in [4.69, 9.17) is 4.74 Å². The smallest absolute Gasteiger partial charge is 0.412 e. The molecule has 1 aromatic heterocycles. The molecule has 3 rings (SSSR count). The molecule has 1 heterocycles. The lowest BCUT2D eigenvalue weighted by Gasteiger charge is -2.19. The summed E-state index contributed by atoms with van der Waals surface area (Å²) in [5, 5.41) is 12.7. The average molecular weight is 411 g/mol. The second kappa shape index (κ2) is 8.32. The molecule has 3 aromatic rings. The molecule has 2 aromatic carbocycles. The van der Waals surface area contributed by atoms with Gasteiger partial charge in [-0.1, -0.05) is 22.9 Å². The van der Waals surface area contributed by atoms with Gasteiger partial charge in [-0.2, -0.15) is 0 Å². The van der Waals surface area contributed by atoms with Crippen molar-refractivity contribution in [1.82, 2.24) is 15.0 Å². The van der Waals surface area contributed by atoms with Crippen molar-refractivity contribution in [2.45, 2.75) is 33.3 Å². The molecule has 0 aliphatic carbocycles. The maximum atomic E-state index is 14.2. The van der Waals surface area contributed by atoms with Crippen molar-refractivity contribution in [3.63, 3.8) is 0 Å². The highest BCUT2D eigenvalue weighted by Gasteiger charge is 2.18. The third-order valence-corrected chi connectivity index (χ3v) is 3.88. The molecule has 0 saturated carbocycles. The number of ether oxygens (including phenoxy) is 1. The average Bonchev–Trinajstić information content (AvgIpc) is 3.14. The van der Waals surface area contributed by atoms with Crippen molar-refractivity contribution in [3.05, 3.63) is 65.7 Å². The van der Waals surface area contributed by atoms with Gasteiger partial charge in [0.2, 0.25) is 0 Å². The van der Waals surface area contributed by atoms with Crippen molar-refractivity contribution in [3.8, 4) is 5.69 Å². The molecule has 0 spiro atoms. The van der Waals surface area contributed by atoms with E-state index in [2.05, 4.69) is 20.9 Å². The van der Waals surface area contributed by atoms with Gasteiger partial charge in [0.1, 0.15) is 11.4 Å². The van der Waals surface area contributed by atoms with Crippen LogP contribution in [0.5, 0.6) is 0 Å². The topological polar surface area (TPSA) is 98.1 Å². The third-order valence-electron chi connectivity index (χ3n) is 3.88. The Kier molecular flexibility index (Phi) is 5.81. The normalized spacial score (nSPS) is 11.1. The molecule has 0 atom stereocenters. The van der Waals surface area contributed by atoms with E-state index in [-0.39, 0.29) is 17.1 Å². The van der Waals surface area contributed by atoms with Crippen LogP contribution in [0.3, 0.4) is 0 Å². The first kappa shape index (κ1) is 21.0. The van der Waals surface area contributed by atoms with Crippen molar-refractivity contribution in [2.75, 3.05) is 10.6 Å². The zero-order valence-corrected chi connectivity index (χ0v) is 17.1. The second-order valence-corrected chi connectivity index (χ2v) is 7.66. The molecule has 2 amide bonds. The molecule has 0 bridgehead atoms. The first-order valence-electron chi connectivity index (χ1n) is 9.21. The van der Waals surface area contributed by atoms with Gasteiger partial charge in [-0.3, -0.25) is 10.1 Å². The number of aryl methyl sites for hydroxylation is 1. The number of aromatic nitrogens is 3. The van der Waals surface area contributed by atoms with Crippen LogP contribution in [0.15, 0.2) is 48.7 Å². The summed E-state index contributed by atoms with van der Waals surface area (Å²) in [6.45, 7) is 7.15. The number of carbonyl (C=O) groups excluding carboxylic acids is 2. The number of anilines is 2. The highest BCUT2D eigenvalue weighted by atomic mass is 19.1. The first-order chi connectivity index (χ1) is 14.1. The molecule has 0 radical (unpaired) electrons. The summed E-state index contributed by atoms with van der Waals surface area (Å²) in [6.07, 6.45) is 0.758. The van der Waals surface area contributed by atoms with Crippen LogP contribution in [-0.2, 0) is 4.74 Å². The summed E-state index contributed by atoms with van der Waals surface area (Å²) in [7, 11) is 0. The summed E-state index contributed by atoms with van der Waals surface area (Å²) in [5.41, 5.74) is 1.32. The summed E-state index contributed by atoms with van der Waals surface area (Å²) < 4.78 is 20.8. The van der Waals surface area contributed by atoms with E-state index in [9.17, 15) is 14.0 Å². The molecule has 8 nitrogen and oxygen atoms in total. The monoisotopic (exact) mass is 411 g/mol. The van der Waals surface area contributed by atoms with Crippen molar-refractivity contribution < 1.29 is 18.7 Å². The van der Waals surface area contributed by atoms with Crippen LogP contribution >= 0.6 is 0 Å². The Bertz CT molecular complexity index is 1070. The van der Waals surface area contributed by atoms with E-state index in [1.165, 1.54) is 23.0 Å². The molecule has 0 aliphatic rings. The van der Waals surface area contributed by atoms with Gasteiger partial charge in [0, 0.05) is 5.69 Å². The number of amides is 2. The van der Waals surface area contributed by atoms with Gasteiger partial charge in [-0.05, 0) is 58.0 Å². The quantitative estimate of drug-likeness (QED) is 0.666. The Morgan fingerprint density at radius 1 is 1.07 bits per heavy atom. The van der Waals surface area contributed by atoms with E-state index < -0.39 is 23.4 Å². The summed E-state index contributed by atoms with van der Waals surface area (Å²) in [4.78, 5) is 24.4. The predicted octanol–water partition coefficient (Wildman–Crippen LogP) is 4.31. The molecule has 0 fully saturated rings. The second-order valence-electron chi connectivity index (χ2n) is 7.66. The van der Waals surface area contributed by atoms with Gasteiger partial charge in [-0.25, -0.2) is 13.9 Å². The molecule has 30 heavy (non-hydrogen) atoms. The van der Waals surface area contributed by atoms with E-state index in [1.807, 2.05) is 31.2 Å². The number of carbonyl (C=O) groups is 2. The number of hydrogen-bond acceptors (Lipinski definition) is 5. The zero-order valence-electron chi connectivity index (χ0n) is 17.1. The fraction of sp³-hybridized carbons (Fsp3) is 0.238. The van der Waals surface area contributed by atoms with Crippen molar-refractivity contribution in [2.24, 2.45) is 0 Å². The molecular formula is C21H22FN5O3. The Balaban J connectivity index is 1.72. The van der Waals surface area contributed by atoms with Gasteiger partial charge in [0.25, 0.3) is 5.91 Å². The number of nitrogens with zero attached hydrogens (tertiary/aromatic N) is 3. The largest absolute Gasteiger partial charge is 0.444 e. The zero-order chi connectivity index (χ0) is 21.9. The van der Waals surface area contributed by atoms with Crippen LogP contribution in [-0.4, -0.2) is 32.6 Å². The maximum Gasteiger partial charge on any atom is 0.412 e. The van der Waals surface area contributed by atoms with E-state index in [1.54, 1.807) is 20.8 Å². The molecule has 156 valence electrons. The Morgan fingerprint density at radius 3 is 2.43 bits per heavy atom. The van der Waals surface area contributed by atoms with Gasteiger partial charge < -0.3 is 10.1 Å². The van der Waals surface area contributed by atoms with Gasteiger partial charge >= 0.3 is 6.09 Å². The highest BCUT2D eigenvalue weighted by molar-refractivity contribution is 6.03. The van der Waals surface area contributed by atoms with E-state index in [0.29, 0.717) is 0 Å². The lowest BCUT2D eigenvalue weighted by Crippen LogP contribution is -2.27. The Hall–Kier alpha value is -3.75. The van der Waals surface area contributed by atoms with Crippen LogP contribution in [0.2, 0.25) is 0 Å². The minimum atomic E-state index is -0.688. The molecule has 2 N–H and O–H groups in total.